The SMILES string of the molecule is CCCCc1cc(NC(=O)Nc2cccc(Oc3cccnc3)c2)n(-c2cc(CO)c3ccccc3c2)n1. The largest absolute Gasteiger partial charge is 0.456 e. The third kappa shape index (κ3) is 5.82. The minimum Gasteiger partial charge on any atom is -0.456 e. The van der Waals surface area contributed by atoms with Gasteiger partial charge in [0.1, 0.15) is 17.3 Å². The van der Waals surface area contributed by atoms with Crippen LogP contribution in [0, 0.1) is 0 Å². The van der Waals surface area contributed by atoms with E-state index in [2.05, 4.69) is 22.5 Å². The lowest BCUT2D eigenvalue weighted by atomic mass is 10.0. The average Bonchev–Trinajstić information content (AvgIpc) is 3.34. The summed E-state index contributed by atoms with van der Waals surface area (Å²) >= 11 is 0. The van der Waals surface area contributed by atoms with E-state index < -0.39 is 6.03 Å². The lowest BCUT2D eigenvalue weighted by Gasteiger charge is -2.13. The number of urea groups is 1. The first-order valence-electron chi connectivity index (χ1n) is 12.6. The fraction of sp³-hybridized carbons (Fsp3) is 0.167. The maximum atomic E-state index is 13.0. The average molecular weight is 508 g/mol. The molecule has 5 aromatic rings. The molecule has 8 heteroatoms. The number of unbranched alkanes of at least 4 members (excludes halogenated alkanes) is 1. The second-order valence-corrected chi connectivity index (χ2v) is 8.92. The number of carbonyl (C=O) groups excluding carboxylic acids is 1. The third-order valence-corrected chi connectivity index (χ3v) is 6.10. The second kappa shape index (κ2) is 11.6. The molecule has 192 valence electrons. The van der Waals surface area contributed by atoms with Gasteiger partial charge in [-0.15, -0.1) is 0 Å². The van der Waals surface area contributed by atoms with E-state index in [9.17, 15) is 9.90 Å². The topological polar surface area (TPSA) is 101 Å². The van der Waals surface area contributed by atoms with E-state index >= 15 is 0 Å². The van der Waals surface area contributed by atoms with Crippen LogP contribution < -0.4 is 15.4 Å². The van der Waals surface area contributed by atoms with Crippen LogP contribution in [0.4, 0.5) is 16.3 Å². The molecule has 8 nitrogen and oxygen atoms in total. The van der Waals surface area contributed by atoms with Crippen molar-refractivity contribution >= 4 is 28.3 Å². The summed E-state index contributed by atoms with van der Waals surface area (Å²) in [5, 5.41) is 22.6. The number of aliphatic hydroxyl groups excluding tert-OH is 1. The fourth-order valence-corrected chi connectivity index (χ4v) is 4.28. The van der Waals surface area contributed by atoms with Gasteiger partial charge in [-0.3, -0.25) is 10.3 Å². The first-order valence-corrected chi connectivity index (χ1v) is 12.6. The first-order chi connectivity index (χ1) is 18.6. The summed E-state index contributed by atoms with van der Waals surface area (Å²) in [5.74, 6) is 1.72. The van der Waals surface area contributed by atoms with E-state index in [1.807, 2.05) is 54.6 Å². The molecule has 0 spiro atoms. The Morgan fingerprint density at radius 3 is 2.66 bits per heavy atom. The van der Waals surface area contributed by atoms with Crippen LogP contribution in [0.3, 0.4) is 0 Å². The molecular formula is C30H29N5O3. The summed E-state index contributed by atoms with van der Waals surface area (Å²) in [5.41, 5.74) is 3.02. The monoisotopic (exact) mass is 507 g/mol. The van der Waals surface area contributed by atoms with Crippen molar-refractivity contribution in [2.24, 2.45) is 0 Å². The van der Waals surface area contributed by atoms with Gasteiger partial charge >= 0.3 is 6.03 Å². The molecular weight excluding hydrogens is 478 g/mol. The number of fused-ring (bicyclic) bond motifs is 1. The fourth-order valence-electron chi connectivity index (χ4n) is 4.28. The number of nitrogens with zero attached hydrogens (tertiary/aromatic N) is 3. The van der Waals surface area contributed by atoms with Crippen molar-refractivity contribution in [2.45, 2.75) is 32.8 Å². The Morgan fingerprint density at radius 1 is 0.974 bits per heavy atom. The van der Waals surface area contributed by atoms with Crippen LogP contribution in [0.2, 0.25) is 0 Å². The van der Waals surface area contributed by atoms with Gasteiger partial charge in [-0.25, -0.2) is 9.48 Å². The number of nitrogens with one attached hydrogen (secondary N) is 2. The summed E-state index contributed by atoms with van der Waals surface area (Å²) in [6.07, 6.45) is 6.13. The number of benzene rings is 3. The van der Waals surface area contributed by atoms with Gasteiger partial charge in [-0.1, -0.05) is 43.7 Å². The Hall–Kier alpha value is -4.69. The molecule has 2 amide bonds. The number of carbonyl (C=O) groups is 1. The Bertz CT molecular complexity index is 1550. The molecule has 3 aromatic carbocycles. The van der Waals surface area contributed by atoms with Gasteiger partial charge in [0.05, 0.1) is 24.2 Å². The van der Waals surface area contributed by atoms with Crippen LogP contribution in [0.5, 0.6) is 11.5 Å². The number of rotatable bonds is 9. The predicted molar refractivity (Wildman–Crippen MR) is 149 cm³/mol. The number of aryl methyl sites for hydroxylation is 1. The van der Waals surface area contributed by atoms with Gasteiger partial charge in [0.25, 0.3) is 0 Å². The third-order valence-electron chi connectivity index (χ3n) is 6.10. The lowest BCUT2D eigenvalue weighted by molar-refractivity contribution is 0.262. The van der Waals surface area contributed by atoms with Crippen molar-refractivity contribution in [3.8, 4) is 17.2 Å². The van der Waals surface area contributed by atoms with Gasteiger partial charge < -0.3 is 15.2 Å². The van der Waals surface area contributed by atoms with Crippen LogP contribution in [-0.4, -0.2) is 25.9 Å². The van der Waals surface area contributed by atoms with Crippen molar-refractivity contribution in [1.29, 1.82) is 0 Å². The van der Waals surface area contributed by atoms with Crippen molar-refractivity contribution in [3.63, 3.8) is 0 Å². The Kier molecular flexibility index (Phi) is 7.61. The van der Waals surface area contributed by atoms with Gasteiger partial charge in [-0.2, -0.15) is 5.10 Å². The molecule has 0 radical (unpaired) electrons. The Labute approximate surface area is 220 Å². The summed E-state index contributed by atoms with van der Waals surface area (Å²) in [4.78, 5) is 17.1. The van der Waals surface area contributed by atoms with E-state index in [4.69, 9.17) is 9.84 Å². The number of anilines is 2. The zero-order valence-corrected chi connectivity index (χ0v) is 21.1. The molecule has 3 N–H and O–H groups in total. The van der Waals surface area contributed by atoms with E-state index in [-0.39, 0.29) is 6.61 Å². The van der Waals surface area contributed by atoms with Crippen LogP contribution >= 0.6 is 0 Å². The molecule has 2 heterocycles. The molecule has 0 unspecified atom stereocenters. The highest BCUT2D eigenvalue weighted by Crippen LogP contribution is 2.27. The van der Waals surface area contributed by atoms with Gasteiger partial charge in [-0.05, 0) is 65.6 Å². The van der Waals surface area contributed by atoms with E-state index in [0.29, 0.717) is 23.0 Å². The number of ether oxygens (including phenoxy) is 1. The molecule has 38 heavy (non-hydrogen) atoms. The molecule has 0 aliphatic heterocycles. The lowest BCUT2D eigenvalue weighted by Crippen LogP contribution is -2.21. The standard InChI is InChI=1S/C30H29N5O3/c1-2-3-9-24-18-29(35(34-24)25-15-21-8-4-5-13-28(21)22(16-25)20-36)33-30(37)32-23-10-6-11-26(17-23)38-27-12-7-14-31-19-27/h4-8,10-19,36H,2-3,9,20H2,1H3,(H2,32,33,37). The smallest absolute Gasteiger partial charge is 0.324 e. The number of aromatic nitrogens is 3. The van der Waals surface area contributed by atoms with Crippen molar-refractivity contribution in [2.75, 3.05) is 10.6 Å². The summed E-state index contributed by atoms with van der Waals surface area (Å²) in [7, 11) is 0. The van der Waals surface area contributed by atoms with Gasteiger partial charge in [0.2, 0.25) is 0 Å². The normalized spacial score (nSPS) is 10.9. The van der Waals surface area contributed by atoms with Crippen LogP contribution in [0.25, 0.3) is 16.5 Å². The highest BCUT2D eigenvalue weighted by molar-refractivity contribution is 5.99. The minimum atomic E-state index is -0.408. The molecule has 2 aromatic heterocycles. The van der Waals surface area contributed by atoms with E-state index in [1.54, 1.807) is 41.3 Å². The quantitative estimate of drug-likeness (QED) is 0.206. The molecule has 5 rings (SSSR count). The zero-order valence-electron chi connectivity index (χ0n) is 21.1. The molecule has 0 fully saturated rings. The van der Waals surface area contributed by atoms with Crippen LogP contribution in [-0.2, 0) is 13.0 Å². The number of pyridine rings is 1. The molecule has 0 aliphatic rings. The Morgan fingerprint density at radius 2 is 1.84 bits per heavy atom. The van der Waals surface area contributed by atoms with Gasteiger partial charge in [0.15, 0.2) is 0 Å². The van der Waals surface area contributed by atoms with E-state index in [0.717, 1.165) is 47.0 Å². The highest BCUT2D eigenvalue weighted by Gasteiger charge is 2.15. The number of aliphatic hydroxyl groups is 1. The summed E-state index contributed by atoms with van der Waals surface area (Å²) in [6.45, 7) is 2.03. The van der Waals surface area contributed by atoms with Crippen molar-refractivity contribution in [3.05, 3.63) is 103 Å². The number of hydrogen-bond donors (Lipinski definition) is 3. The highest BCUT2D eigenvalue weighted by atomic mass is 16.5. The second-order valence-electron chi connectivity index (χ2n) is 8.92. The number of hydrogen-bond acceptors (Lipinski definition) is 5. The molecule has 0 atom stereocenters. The predicted octanol–water partition coefficient (Wildman–Crippen LogP) is 6.69. The molecule has 0 bridgehead atoms. The maximum Gasteiger partial charge on any atom is 0.324 e. The number of amides is 2. The summed E-state index contributed by atoms with van der Waals surface area (Å²) < 4.78 is 7.55. The van der Waals surface area contributed by atoms with Crippen molar-refractivity contribution in [1.82, 2.24) is 14.8 Å². The summed E-state index contributed by atoms with van der Waals surface area (Å²) in [6, 6.07) is 24.0. The van der Waals surface area contributed by atoms with Gasteiger partial charge in [0, 0.05) is 24.0 Å². The van der Waals surface area contributed by atoms with Crippen LogP contribution in [0.1, 0.15) is 31.0 Å². The molecule has 0 aliphatic carbocycles. The maximum absolute atomic E-state index is 13.0. The minimum absolute atomic E-state index is 0.0982. The van der Waals surface area contributed by atoms with Crippen LogP contribution in [0.15, 0.2) is 91.3 Å². The Balaban J connectivity index is 1.40. The molecule has 0 saturated carbocycles. The van der Waals surface area contributed by atoms with Crippen molar-refractivity contribution < 1.29 is 14.6 Å². The van der Waals surface area contributed by atoms with E-state index in [1.165, 1.54) is 0 Å². The molecule has 0 saturated heterocycles. The zero-order chi connectivity index (χ0) is 26.3. The first kappa shape index (κ1) is 25.0.